The fourth-order valence-corrected chi connectivity index (χ4v) is 2.54. The number of hydrogen-bond acceptors (Lipinski definition) is 4. The van der Waals surface area contributed by atoms with Crippen molar-refractivity contribution in [2.45, 2.75) is 25.8 Å². The molecule has 2 atom stereocenters. The van der Waals surface area contributed by atoms with E-state index in [1.54, 1.807) is 0 Å². The normalized spacial score (nSPS) is 22.5. The highest BCUT2D eigenvalue weighted by molar-refractivity contribution is 5.54. The van der Waals surface area contributed by atoms with Crippen molar-refractivity contribution in [1.29, 1.82) is 0 Å². The van der Waals surface area contributed by atoms with Crippen LogP contribution in [0.2, 0.25) is 0 Å². The number of aromatic nitrogens is 2. The Morgan fingerprint density at radius 2 is 1.95 bits per heavy atom. The Balaban J connectivity index is 1.91. The van der Waals surface area contributed by atoms with E-state index in [0.29, 0.717) is 11.8 Å². The molecule has 0 saturated carbocycles. The Morgan fingerprint density at radius 1 is 1.24 bits per heavy atom. The highest BCUT2D eigenvalue weighted by Gasteiger charge is 2.28. The molecular formula is C14H14F3N3O. The van der Waals surface area contributed by atoms with Gasteiger partial charge in [-0.25, -0.2) is 13.2 Å². The maximum atomic E-state index is 13.2. The number of benzene rings is 1. The van der Waals surface area contributed by atoms with E-state index in [9.17, 15) is 13.2 Å². The van der Waals surface area contributed by atoms with Gasteiger partial charge in [0.1, 0.15) is 0 Å². The Hall–Kier alpha value is -1.89. The van der Waals surface area contributed by atoms with E-state index in [1.165, 1.54) is 0 Å². The number of halogens is 3. The van der Waals surface area contributed by atoms with Crippen LogP contribution in [-0.2, 0) is 0 Å². The van der Waals surface area contributed by atoms with E-state index in [2.05, 4.69) is 22.4 Å². The molecule has 1 N–H and O–H groups in total. The van der Waals surface area contributed by atoms with Gasteiger partial charge in [0, 0.05) is 5.56 Å². The molecule has 1 aliphatic heterocycles. The van der Waals surface area contributed by atoms with Gasteiger partial charge in [0.2, 0.25) is 11.7 Å². The number of nitrogens with one attached hydrogen (secondary N) is 1. The van der Waals surface area contributed by atoms with Crippen LogP contribution in [0.1, 0.15) is 31.7 Å². The number of rotatable bonds is 2. The zero-order valence-electron chi connectivity index (χ0n) is 11.4. The molecule has 112 valence electrons. The predicted octanol–water partition coefficient (Wildman–Crippen LogP) is 3.21. The molecule has 1 saturated heterocycles. The first-order chi connectivity index (χ1) is 10.1. The second kappa shape index (κ2) is 5.48. The van der Waals surface area contributed by atoms with Crippen molar-refractivity contribution in [1.82, 2.24) is 15.5 Å². The predicted molar refractivity (Wildman–Crippen MR) is 68.7 cm³/mol. The van der Waals surface area contributed by atoms with Crippen LogP contribution < -0.4 is 5.32 Å². The van der Waals surface area contributed by atoms with Crippen molar-refractivity contribution in [3.8, 4) is 11.4 Å². The second-order valence-corrected chi connectivity index (χ2v) is 5.26. The fourth-order valence-electron chi connectivity index (χ4n) is 2.54. The van der Waals surface area contributed by atoms with Gasteiger partial charge >= 0.3 is 0 Å². The molecule has 0 spiro atoms. The van der Waals surface area contributed by atoms with Crippen molar-refractivity contribution < 1.29 is 17.7 Å². The Morgan fingerprint density at radius 3 is 2.62 bits per heavy atom. The van der Waals surface area contributed by atoms with Crippen molar-refractivity contribution in [2.24, 2.45) is 5.92 Å². The largest absolute Gasteiger partial charge is 0.337 e. The summed E-state index contributed by atoms with van der Waals surface area (Å²) in [6.07, 6.45) is 2.11. The van der Waals surface area contributed by atoms with E-state index < -0.39 is 17.5 Å². The van der Waals surface area contributed by atoms with Gasteiger partial charge < -0.3 is 9.84 Å². The maximum Gasteiger partial charge on any atom is 0.244 e. The zero-order valence-corrected chi connectivity index (χ0v) is 11.4. The van der Waals surface area contributed by atoms with Gasteiger partial charge in [-0.1, -0.05) is 12.1 Å². The van der Waals surface area contributed by atoms with E-state index in [1.807, 2.05) is 0 Å². The van der Waals surface area contributed by atoms with E-state index >= 15 is 0 Å². The minimum atomic E-state index is -1.51. The lowest BCUT2D eigenvalue weighted by Crippen LogP contribution is -2.33. The molecule has 0 bridgehead atoms. The third kappa shape index (κ3) is 2.65. The molecule has 1 fully saturated rings. The van der Waals surface area contributed by atoms with Crippen LogP contribution in [0.25, 0.3) is 11.4 Å². The smallest absolute Gasteiger partial charge is 0.244 e. The van der Waals surface area contributed by atoms with E-state index in [4.69, 9.17) is 4.52 Å². The highest BCUT2D eigenvalue weighted by atomic mass is 19.2. The van der Waals surface area contributed by atoms with Crippen LogP contribution in [-0.4, -0.2) is 16.7 Å². The Kier molecular flexibility index (Phi) is 3.67. The molecule has 0 radical (unpaired) electrons. The summed E-state index contributed by atoms with van der Waals surface area (Å²) in [6, 6.07) is 1.63. The third-order valence-electron chi connectivity index (χ3n) is 3.72. The SMILES string of the molecule is CC1CCCNC1c1nc(-c2cc(F)c(F)c(F)c2)no1. The average molecular weight is 297 g/mol. The molecule has 0 amide bonds. The summed E-state index contributed by atoms with van der Waals surface area (Å²) in [5.74, 6) is -3.32. The summed E-state index contributed by atoms with van der Waals surface area (Å²) in [5.41, 5.74) is 0.0462. The van der Waals surface area contributed by atoms with Crippen molar-refractivity contribution in [3.63, 3.8) is 0 Å². The van der Waals surface area contributed by atoms with Crippen LogP contribution in [0.4, 0.5) is 13.2 Å². The molecular weight excluding hydrogens is 283 g/mol. The average Bonchev–Trinajstić information content (AvgIpc) is 2.94. The molecule has 0 aliphatic carbocycles. The number of nitrogens with zero attached hydrogens (tertiary/aromatic N) is 2. The van der Waals surface area contributed by atoms with Crippen molar-refractivity contribution >= 4 is 0 Å². The zero-order chi connectivity index (χ0) is 15.0. The summed E-state index contributed by atoms with van der Waals surface area (Å²) in [6.45, 7) is 2.92. The molecule has 3 rings (SSSR count). The van der Waals surface area contributed by atoms with Crippen molar-refractivity contribution in [2.75, 3.05) is 6.54 Å². The second-order valence-electron chi connectivity index (χ2n) is 5.26. The highest BCUT2D eigenvalue weighted by Crippen LogP contribution is 2.29. The van der Waals surface area contributed by atoms with Crippen LogP contribution in [0, 0.1) is 23.4 Å². The van der Waals surface area contributed by atoms with Crippen LogP contribution >= 0.6 is 0 Å². The summed E-state index contributed by atoms with van der Waals surface area (Å²) < 4.78 is 44.6. The quantitative estimate of drug-likeness (QED) is 0.865. The van der Waals surface area contributed by atoms with Gasteiger partial charge in [-0.15, -0.1) is 0 Å². The molecule has 21 heavy (non-hydrogen) atoms. The third-order valence-corrected chi connectivity index (χ3v) is 3.72. The van der Waals surface area contributed by atoms with Crippen LogP contribution in [0.15, 0.2) is 16.7 Å². The number of hydrogen-bond donors (Lipinski definition) is 1. The van der Waals surface area contributed by atoms with Gasteiger partial charge in [-0.3, -0.25) is 0 Å². The molecule has 2 heterocycles. The first kappa shape index (κ1) is 14.1. The Bertz CT molecular complexity index is 636. The molecule has 1 aromatic heterocycles. The van der Waals surface area contributed by atoms with Gasteiger partial charge in [0.25, 0.3) is 0 Å². The van der Waals surface area contributed by atoms with E-state index in [-0.39, 0.29) is 17.4 Å². The van der Waals surface area contributed by atoms with Gasteiger partial charge in [0.05, 0.1) is 6.04 Å². The first-order valence-electron chi connectivity index (χ1n) is 6.78. The van der Waals surface area contributed by atoms with Gasteiger partial charge in [-0.2, -0.15) is 4.98 Å². The Labute approximate surface area is 119 Å². The summed E-state index contributed by atoms with van der Waals surface area (Å²) in [4.78, 5) is 4.17. The lowest BCUT2D eigenvalue weighted by atomic mass is 9.93. The molecule has 7 heteroatoms. The lowest BCUT2D eigenvalue weighted by molar-refractivity contribution is 0.239. The van der Waals surface area contributed by atoms with E-state index in [0.717, 1.165) is 31.5 Å². The topological polar surface area (TPSA) is 51.0 Å². The summed E-state index contributed by atoms with van der Waals surface area (Å²) in [7, 11) is 0. The summed E-state index contributed by atoms with van der Waals surface area (Å²) in [5, 5.41) is 7.00. The molecule has 2 aromatic rings. The maximum absolute atomic E-state index is 13.2. The lowest BCUT2D eigenvalue weighted by Gasteiger charge is -2.26. The monoisotopic (exact) mass is 297 g/mol. The van der Waals surface area contributed by atoms with Gasteiger partial charge in [-0.05, 0) is 37.4 Å². The standard InChI is InChI=1S/C14H14F3N3O/c1-7-3-2-4-18-12(7)14-19-13(20-21-14)8-5-9(15)11(17)10(16)6-8/h5-7,12,18H,2-4H2,1H3. The number of piperidine rings is 1. The molecule has 2 unspecified atom stereocenters. The molecule has 1 aromatic carbocycles. The minimum absolute atomic E-state index is 0.0439. The minimum Gasteiger partial charge on any atom is -0.337 e. The van der Waals surface area contributed by atoms with Crippen LogP contribution in [0.5, 0.6) is 0 Å². The molecule has 4 nitrogen and oxygen atoms in total. The fraction of sp³-hybridized carbons (Fsp3) is 0.429. The first-order valence-corrected chi connectivity index (χ1v) is 6.78. The van der Waals surface area contributed by atoms with Crippen molar-refractivity contribution in [3.05, 3.63) is 35.5 Å². The summed E-state index contributed by atoms with van der Waals surface area (Å²) >= 11 is 0. The molecule has 1 aliphatic rings. The van der Waals surface area contributed by atoms with Gasteiger partial charge in [0.15, 0.2) is 17.5 Å². The van der Waals surface area contributed by atoms with Crippen LogP contribution in [0.3, 0.4) is 0 Å².